The lowest BCUT2D eigenvalue weighted by Crippen LogP contribution is -2.53. The van der Waals surface area contributed by atoms with Crippen molar-refractivity contribution in [3.05, 3.63) is 95.0 Å². The highest BCUT2D eigenvalue weighted by Crippen LogP contribution is 2.28. The molecule has 0 fully saturated rings. The quantitative estimate of drug-likeness (QED) is 0.324. The van der Waals surface area contributed by atoms with Crippen LogP contribution in [-0.2, 0) is 26.0 Å². The molecule has 2 atom stereocenters. The minimum atomic E-state index is -4.13. The Balaban J connectivity index is 1.98. The zero-order valence-electron chi connectivity index (χ0n) is 22.8. The number of rotatable bonds is 12. The molecular weight excluding hydrogens is 534 g/mol. The number of carbonyl (C=O) groups excluding carboxylic acids is 2. The maximum atomic E-state index is 13.9. The molecule has 3 aromatic rings. The molecule has 0 aliphatic carbocycles. The number of amides is 2. The van der Waals surface area contributed by atoms with Crippen molar-refractivity contribution in [1.82, 2.24) is 10.2 Å². The minimum Gasteiger partial charge on any atom is -0.352 e. The molecule has 3 rings (SSSR count). The van der Waals surface area contributed by atoms with Crippen LogP contribution >= 0.6 is 11.6 Å². The second-order valence-electron chi connectivity index (χ2n) is 9.57. The van der Waals surface area contributed by atoms with E-state index in [4.69, 9.17) is 11.6 Å². The van der Waals surface area contributed by atoms with Crippen LogP contribution in [0, 0.1) is 6.92 Å². The normalized spacial score (nSPS) is 12.8. The number of hydrogen-bond acceptors (Lipinski definition) is 4. The van der Waals surface area contributed by atoms with Crippen LogP contribution in [0.15, 0.2) is 83.8 Å². The van der Waals surface area contributed by atoms with E-state index in [0.29, 0.717) is 22.7 Å². The first-order valence-electron chi connectivity index (χ1n) is 13.0. The lowest BCUT2D eigenvalue weighted by molar-refractivity contribution is -0.139. The Morgan fingerprint density at radius 2 is 1.54 bits per heavy atom. The summed E-state index contributed by atoms with van der Waals surface area (Å²) in [6.07, 6.45) is 1.26. The summed E-state index contributed by atoms with van der Waals surface area (Å²) in [5, 5.41) is 3.34. The summed E-state index contributed by atoms with van der Waals surface area (Å²) in [5.41, 5.74) is 2.09. The summed E-state index contributed by atoms with van der Waals surface area (Å²) < 4.78 is 28.8. The third-order valence-corrected chi connectivity index (χ3v) is 8.74. The zero-order valence-corrected chi connectivity index (χ0v) is 24.4. The molecule has 7 nitrogen and oxygen atoms in total. The number of benzene rings is 3. The largest absolute Gasteiger partial charge is 0.352 e. The predicted molar refractivity (Wildman–Crippen MR) is 156 cm³/mol. The van der Waals surface area contributed by atoms with Gasteiger partial charge < -0.3 is 10.2 Å². The summed E-state index contributed by atoms with van der Waals surface area (Å²) >= 11 is 6.00. The fraction of sp³-hybridized carbons (Fsp3) is 0.333. The Labute approximate surface area is 236 Å². The van der Waals surface area contributed by atoms with Crippen LogP contribution in [0.2, 0.25) is 5.02 Å². The van der Waals surface area contributed by atoms with Crippen molar-refractivity contribution in [1.29, 1.82) is 0 Å². The summed E-state index contributed by atoms with van der Waals surface area (Å²) in [6, 6.07) is 21.6. The van der Waals surface area contributed by atoms with Crippen molar-refractivity contribution in [2.24, 2.45) is 0 Å². The number of nitrogens with zero attached hydrogens (tertiary/aromatic N) is 2. The van der Waals surface area contributed by atoms with Crippen molar-refractivity contribution < 1.29 is 18.0 Å². The highest BCUT2D eigenvalue weighted by molar-refractivity contribution is 7.92. The Morgan fingerprint density at radius 1 is 0.923 bits per heavy atom. The Bertz CT molecular complexity index is 1360. The van der Waals surface area contributed by atoms with Crippen LogP contribution in [0.4, 0.5) is 5.69 Å². The number of sulfonamides is 1. The fourth-order valence-corrected chi connectivity index (χ4v) is 5.73. The minimum absolute atomic E-state index is 0.0151. The molecule has 0 spiro atoms. The first-order valence-corrected chi connectivity index (χ1v) is 14.8. The highest BCUT2D eigenvalue weighted by Gasteiger charge is 2.33. The molecule has 0 aromatic heterocycles. The number of carbonyl (C=O) groups is 2. The lowest BCUT2D eigenvalue weighted by atomic mass is 10.1. The number of aryl methyl sites for hydroxylation is 1. The molecule has 0 aliphatic heterocycles. The van der Waals surface area contributed by atoms with Crippen molar-refractivity contribution in [2.75, 3.05) is 17.4 Å². The van der Waals surface area contributed by atoms with E-state index in [2.05, 4.69) is 5.32 Å². The highest BCUT2D eigenvalue weighted by atomic mass is 35.5. The Kier molecular flexibility index (Phi) is 10.5. The van der Waals surface area contributed by atoms with Crippen LogP contribution in [0.1, 0.15) is 38.3 Å². The first kappa shape index (κ1) is 30.2. The van der Waals surface area contributed by atoms with Gasteiger partial charge in [-0.15, -0.1) is 0 Å². The number of anilines is 1. The molecule has 39 heavy (non-hydrogen) atoms. The Morgan fingerprint density at radius 3 is 2.15 bits per heavy atom. The van der Waals surface area contributed by atoms with E-state index in [0.717, 1.165) is 16.3 Å². The molecule has 1 N–H and O–H groups in total. The molecule has 0 unspecified atom stereocenters. The van der Waals surface area contributed by atoms with E-state index in [9.17, 15) is 18.0 Å². The maximum absolute atomic E-state index is 13.9. The molecule has 0 saturated carbocycles. The molecular formula is C30H36ClN3O4S. The molecule has 0 radical (unpaired) electrons. The number of nitrogens with one attached hydrogen (secondary N) is 1. The van der Waals surface area contributed by atoms with Gasteiger partial charge >= 0.3 is 0 Å². The van der Waals surface area contributed by atoms with Gasteiger partial charge in [-0.2, -0.15) is 0 Å². The fourth-order valence-electron chi connectivity index (χ4n) is 4.13. The van der Waals surface area contributed by atoms with Gasteiger partial charge in [0.2, 0.25) is 11.8 Å². The lowest BCUT2D eigenvalue weighted by Gasteiger charge is -2.33. The Hall–Kier alpha value is -3.36. The molecule has 3 aromatic carbocycles. The van der Waals surface area contributed by atoms with Gasteiger partial charge in [0.15, 0.2) is 0 Å². The van der Waals surface area contributed by atoms with Crippen molar-refractivity contribution in [2.45, 2.75) is 57.5 Å². The average molecular weight is 570 g/mol. The molecule has 0 bridgehead atoms. The molecule has 0 aliphatic rings. The molecule has 9 heteroatoms. The second-order valence-corrected chi connectivity index (χ2v) is 11.9. The number of halogens is 1. The van der Waals surface area contributed by atoms with E-state index in [1.165, 1.54) is 29.2 Å². The summed E-state index contributed by atoms with van der Waals surface area (Å²) in [5.74, 6) is -0.757. The average Bonchev–Trinajstić information content (AvgIpc) is 2.92. The standard InChI is InChI=1S/C30H36ClN3O4S/c1-5-23(3)32-30(36)24(4)33(20-19-25-12-7-6-8-13-25)29(35)21-34(28-14-10-9-11-22(28)2)39(37,38)27-17-15-26(31)16-18-27/h6-18,23-24H,5,19-21H2,1-4H3,(H,32,36)/t23-,24+/m1/s1. The third kappa shape index (κ3) is 7.83. The summed E-state index contributed by atoms with van der Waals surface area (Å²) in [6.45, 7) is 7.12. The monoisotopic (exact) mass is 569 g/mol. The van der Waals surface area contributed by atoms with Gasteiger partial charge in [-0.3, -0.25) is 13.9 Å². The molecule has 2 amide bonds. The second kappa shape index (κ2) is 13.6. The van der Waals surface area contributed by atoms with Gasteiger partial charge in [0, 0.05) is 17.6 Å². The van der Waals surface area contributed by atoms with Crippen LogP contribution in [0.25, 0.3) is 0 Å². The van der Waals surface area contributed by atoms with Gasteiger partial charge in [0.25, 0.3) is 10.0 Å². The van der Waals surface area contributed by atoms with E-state index >= 15 is 0 Å². The summed E-state index contributed by atoms with van der Waals surface area (Å²) in [4.78, 5) is 28.5. The van der Waals surface area contributed by atoms with Crippen LogP contribution in [0.5, 0.6) is 0 Å². The van der Waals surface area contributed by atoms with E-state index in [-0.39, 0.29) is 23.4 Å². The van der Waals surface area contributed by atoms with Gasteiger partial charge in [0.1, 0.15) is 12.6 Å². The van der Waals surface area contributed by atoms with Crippen LogP contribution in [-0.4, -0.2) is 50.3 Å². The van der Waals surface area contributed by atoms with Crippen LogP contribution in [0.3, 0.4) is 0 Å². The topological polar surface area (TPSA) is 86.8 Å². The SMILES string of the molecule is CC[C@@H](C)NC(=O)[C@H](C)N(CCc1ccccc1)C(=O)CN(c1ccccc1C)S(=O)(=O)c1ccc(Cl)cc1. The van der Waals surface area contributed by atoms with Gasteiger partial charge in [-0.1, -0.05) is 67.1 Å². The predicted octanol–water partition coefficient (Wildman–Crippen LogP) is 5.22. The molecule has 208 valence electrons. The van der Waals surface area contributed by atoms with Crippen molar-refractivity contribution >= 4 is 39.1 Å². The van der Waals surface area contributed by atoms with Gasteiger partial charge in [-0.05, 0) is 75.1 Å². The van der Waals surface area contributed by atoms with Crippen LogP contribution < -0.4 is 9.62 Å². The van der Waals surface area contributed by atoms with Crippen molar-refractivity contribution in [3.8, 4) is 0 Å². The third-order valence-electron chi connectivity index (χ3n) is 6.72. The number of hydrogen-bond donors (Lipinski definition) is 1. The maximum Gasteiger partial charge on any atom is 0.264 e. The molecule has 0 heterocycles. The van der Waals surface area contributed by atoms with Gasteiger partial charge in [-0.25, -0.2) is 8.42 Å². The van der Waals surface area contributed by atoms with E-state index in [1.807, 2.05) is 44.2 Å². The summed E-state index contributed by atoms with van der Waals surface area (Å²) in [7, 11) is -4.13. The van der Waals surface area contributed by atoms with E-state index in [1.54, 1.807) is 38.1 Å². The van der Waals surface area contributed by atoms with Gasteiger partial charge in [0.05, 0.1) is 10.6 Å². The molecule has 0 saturated heterocycles. The first-order chi connectivity index (χ1) is 18.5. The van der Waals surface area contributed by atoms with E-state index < -0.39 is 28.5 Å². The number of para-hydroxylation sites is 1. The van der Waals surface area contributed by atoms with Crippen molar-refractivity contribution in [3.63, 3.8) is 0 Å². The smallest absolute Gasteiger partial charge is 0.264 e. The zero-order chi connectivity index (χ0) is 28.6.